The number of halogens is 1. The van der Waals surface area contributed by atoms with E-state index in [1.54, 1.807) is 24.9 Å². The van der Waals surface area contributed by atoms with Crippen molar-refractivity contribution < 1.29 is 17.6 Å². The number of para-hydroxylation sites is 1. The Kier molecular flexibility index (Phi) is 6.79. The molecule has 0 fully saturated rings. The van der Waals surface area contributed by atoms with Gasteiger partial charge < -0.3 is 4.90 Å². The summed E-state index contributed by atoms with van der Waals surface area (Å²) in [6.45, 7) is 0.387. The SMILES string of the molecule is CSc1ccc(CN(C)C(=O)c2cccc(S(=O)(=O)Nc3ccccc3F)c2)cc1. The van der Waals surface area contributed by atoms with Gasteiger partial charge in [0.2, 0.25) is 0 Å². The van der Waals surface area contributed by atoms with E-state index >= 15 is 0 Å². The van der Waals surface area contributed by atoms with Gasteiger partial charge in [-0.25, -0.2) is 12.8 Å². The van der Waals surface area contributed by atoms with Gasteiger partial charge in [-0.05, 0) is 54.3 Å². The van der Waals surface area contributed by atoms with Gasteiger partial charge in [0.25, 0.3) is 15.9 Å². The van der Waals surface area contributed by atoms with Gasteiger partial charge in [-0.1, -0.05) is 30.3 Å². The van der Waals surface area contributed by atoms with E-state index in [1.807, 2.05) is 30.5 Å². The highest BCUT2D eigenvalue weighted by Crippen LogP contribution is 2.21. The second kappa shape index (κ2) is 9.32. The molecule has 8 heteroatoms. The zero-order valence-corrected chi connectivity index (χ0v) is 18.1. The summed E-state index contributed by atoms with van der Waals surface area (Å²) in [7, 11) is -2.39. The molecule has 0 atom stereocenters. The van der Waals surface area contributed by atoms with E-state index in [4.69, 9.17) is 0 Å². The lowest BCUT2D eigenvalue weighted by Gasteiger charge is -2.18. The number of carbonyl (C=O) groups excluding carboxylic acids is 1. The molecule has 3 aromatic carbocycles. The van der Waals surface area contributed by atoms with Crippen LogP contribution in [0, 0.1) is 5.82 Å². The van der Waals surface area contributed by atoms with Crippen molar-refractivity contribution in [1.29, 1.82) is 0 Å². The summed E-state index contributed by atoms with van der Waals surface area (Å²) in [5.41, 5.74) is 1.04. The maximum Gasteiger partial charge on any atom is 0.262 e. The third kappa shape index (κ3) is 5.20. The molecule has 1 N–H and O–H groups in total. The van der Waals surface area contributed by atoms with Crippen LogP contribution < -0.4 is 4.72 Å². The summed E-state index contributed by atoms with van der Waals surface area (Å²) in [5, 5.41) is 0. The normalized spacial score (nSPS) is 11.2. The van der Waals surface area contributed by atoms with Crippen molar-refractivity contribution in [2.24, 2.45) is 0 Å². The van der Waals surface area contributed by atoms with E-state index in [9.17, 15) is 17.6 Å². The number of anilines is 1. The molecule has 0 unspecified atom stereocenters. The van der Waals surface area contributed by atoms with Crippen LogP contribution >= 0.6 is 11.8 Å². The molecule has 3 rings (SSSR count). The first kappa shape index (κ1) is 21.9. The molecule has 0 aliphatic heterocycles. The first-order valence-electron chi connectivity index (χ1n) is 9.06. The fraction of sp³-hybridized carbons (Fsp3) is 0.136. The maximum atomic E-state index is 13.8. The standard InChI is InChI=1S/C22H21FN2O3S2/c1-25(15-16-10-12-18(29-2)13-11-16)22(26)17-6-5-7-19(14-17)30(27,28)24-21-9-4-3-8-20(21)23/h3-14,24H,15H2,1-2H3. The first-order valence-corrected chi connectivity index (χ1v) is 11.8. The van der Waals surface area contributed by atoms with Gasteiger partial charge in [-0.2, -0.15) is 0 Å². The smallest absolute Gasteiger partial charge is 0.262 e. The van der Waals surface area contributed by atoms with Crippen LogP contribution in [0.1, 0.15) is 15.9 Å². The van der Waals surface area contributed by atoms with Crippen LogP contribution in [0.25, 0.3) is 0 Å². The number of carbonyl (C=O) groups is 1. The van der Waals surface area contributed by atoms with Gasteiger partial charge in [0.1, 0.15) is 5.82 Å². The molecular formula is C22H21FN2O3S2. The summed E-state index contributed by atoms with van der Waals surface area (Å²) in [6.07, 6.45) is 1.99. The first-order chi connectivity index (χ1) is 14.3. The Morgan fingerprint density at radius 3 is 2.40 bits per heavy atom. The molecule has 3 aromatic rings. The molecule has 1 amide bonds. The molecule has 5 nitrogen and oxygen atoms in total. The quantitative estimate of drug-likeness (QED) is 0.540. The predicted molar refractivity (Wildman–Crippen MR) is 118 cm³/mol. The summed E-state index contributed by atoms with van der Waals surface area (Å²) in [4.78, 5) is 15.3. The lowest BCUT2D eigenvalue weighted by atomic mass is 10.1. The number of sulfonamides is 1. The molecule has 30 heavy (non-hydrogen) atoms. The van der Waals surface area contributed by atoms with Crippen molar-refractivity contribution in [3.05, 3.63) is 89.7 Å². The number of nitrogens with zero attached hydrogens (tertiary/aromatic N) is 1. The van der Waals surface area contributed by atoms with Crippen LogP contribution in [0.4, 0.5) is 10.1 Å². The van der Waals surface area contributed by atoms with E-state index in [0.29, 0.717) is 6.54 Å². The van der Waals surface area contributed by atoms with E-state index < -0.39 is 15.8 Å². The molecule has 0 heterocycles. The zero-order valence-electron chi connectivity index (χ0n) is 16.5. The lowest BCUT2D eigenvalue weighted by molar-refractivity contribution is 0.0785. The molecule has 0 aliphatic rings. The Morgan fingerprint density at radius 1 is 1.03 bits per heavy atom. The van der Waals surface area contributed by atoms with Crippen molar-refractivity contribution >= 4 is 33.4 Å². The highest BCUT2D eigenvalue weighted by Gasteiger charge is 2.19. The lowest BCUT2D eigenvalue weighted by Crippen LogP contribution is -2.26. The van der Waals surface area contributed by atoms with E-state index in [1.165, 1.54) is 47.4 Å². The van der Waals surface area contributed by atoms with Crippen LogP contribution in [0.2, 0.25) is 0 Å². The summed E-state index contributed by atoms with van der Waals surface area (Å²) < 4.78 is 41.3. The maximum absolute atomic E-state index is 13.8. The second-order valence-electron chi connectivity index (χ2n) is 6.62. The number of rotatable bonds is 7. The minimum Gasteiger partial charge on any atom is -0.337 e. The van der Waals surface area contributed by atoms with E-state index in [-0.39, 0.29) is 22.1 Å². The third-order valence-corrected chi connectivity index (χ3v) is 6.54. The van der Waals surface area contributed by atoms with Gasteiger partial charge in [0.05, 0.1) is 10.6 Å². The Balaban J connectivity index is 1.77. The Bertz CT molecular complexity index is 1150. The number of nitrogens with one attached hydrogen (secondary N) is 1. The van der Waals surface area contributed by atoms with Crippen LogP contribution in [0.15, 0.2) is 82.6 Å². The third-order valence-electron chi connectivity index (χ3n) is 4.43. The van der Waals surface area contributed by atoms with E-state index in [0.717, 1.165) is 10.5 Å². The molecule has 0 aromatic heterocycles. The number of benzene rings is 3. The minimum atomic E-state index is -4.05. The Morgan fingerprint density at radius 2 is 1.73 bits per heavy atom. The average molecular weight is 445 g/mol. The van der Waals surface area contributed by atoms with Gasteiger partial charge in [0, 0.05) is 24.1 Å². The van der Waals surface area contributed by atoms with Crippen molar-refractivity contribution in [3.8, 4) is 0 Å². The van der Waals surface area contributed by atoms with Crippen molar-refractivity contribution in [3.63, 3.8) is 0 Å². The Labute approximate surface area is 180 Å². The van der Waals surface area contributed by atoms with Crippen molar-refractivity contribution in [2.45, 2.75) is 16.3 Å². The molecule has 156 valence electrons. The molecule has 0 bridgehead atoms. The number of hydrogen-bond acceptors (Lipinski definition) is 4. The predicted octanol–water partition coefficient (Wildman–Crippen LogP) is 4.62. The monoisotopic (exact) mass is 444 g/mol. The molecular weight excluding hydrogens is 423 g/mol. The minimum absolute atomic E-state index is 0.116. The number of hydrogen-bond donors (Lipinski definition) is 1. The largest absolute Gasteiger partial charge is 0.337 e. The van der Waals surface area contributed by atoms with Gasteiger partial charge >= 0.3 is 0 Å². The molecule has 0 radical (unpaired) electrons. The Hall–Kier alpha value is -2.84. The van der Waals surface area contributed by atoms with Gasteiger partial charge in [-0.3, -0.25) is 9.52 Å². The number of amides is 1. The highest BCUT2D eigenvalue weighted by molar-refractivity contribution is 7.98. The topological polar surface area (TPSA) is 66.5 Å². The molecule has 0 saturated heterocycles. The van der Waals surface area contributed by atoms with Crippen molar-refractivity contribution in [2.75, 3.05) is 18.0 Å². The fourth-order valence-corrected chi connectivity index (χ4v) is 4.36. The molecule has 0 spiro atoms. The second-order valence-corrected chi connectivity index (χ2v) is 9.18. The van der Waals surface area contributed by atoms with Crippen LogP contribution in [0.5, 0.6) is 0 Å². The van der Waals surface area contributed by atoms with Gasteiger partial charge in [-0.15, -0.1) is 11.8 Å². The average Bonchev–Trinajstić information content (AvgIpc) is 2.75. The number of thioether (sulfide) groups is 1. The summed E-state index contributed by atoms with van der Waals surface area (Å²) >= 11 is 1.64. The van der Waals surface area contributed by atoms with Crippen LogP contribution in [-0.2, 0) is 16.6 Å². The molecule has 0 saturated carbocycles. The van der Waals surface area contributed by atoms with Crippen LogP contribution in [-0.4, -0.2) is 32.5 Å². The summed E-state index contributed by atoms with van der Waals surface area (Å²) in [6, 6.07) is 19.1. The zero-order chi connectivity index (χ0) is 21.7. The summed E-state index contributed by atoms with van der Waals surface area (Å²) in [5.74, 6) is -0.993. The fourth-order valence-electron chi connectivity index (χ4n) is 2.84. The van der Waals surface area contributed by atoms with Crippen LogP contribution in [0.3, 0.4) is 0 Å². The van der Waals surface area contributed by atoms with Crippen molar-refractivity contribution in [1.82, 2.24) is 4.90 Å². The van der Waals surface area contributed by atoms with Gasteiger partial charge in [0.15, 0.2) is 0 Å². The van der Waals surface area contributed by atoms with E-state index in [2.05, 4.69) is 4.72 Å². The highest BCUT2D eigenvalue weighted by atomic mass is 32.2. The molecule has 0 aliphatic carbocycles.